The van der Waals surface area contributed by atoms with Gasteiger partial charge in [0.25, 0.3) is 5.91 Å². The van der Waals surface area contributed by atoms with Gasteiger partial charge in [0.2, 0.25) is 0 Å². The first kappa shape index (κ1) is 14.1. The van der Waals surface area contributed by atoms with Crippen molar-refractivity contribution in [3.8, 4) is 0 Å². The molecule has 3 heteroatoms. The molecule has 1 aromatic carbocycles. The monoisotopic (exact) mass is 260 g/mol. The molecule has 0 aliphatic carbocycles. The first-order chi connectivity index (χ1) is 9.26. The van der Waals surface area contributed by atoms with Crippen LogP contribution < -0.4 is 5.32 Å². The molecule has 0 spiro atoms. The van der Waals surface area contributed by atoms with Crippen molar-refractivity contribution in [2.24, 2.45) is 0 Å². The molecular formula is C16H24N2O. The topological polar surface area (TPSA) is 32.3 Å². The molecule has 19 heavy (non-hydrogen) atoms. The molecular weight excluding hydrogens is 236 g/mol. The molecule has 1 heterocycles. The smallest absolute Gasteiger partial charge is 0.253 e. The van der Waals surface area contributed by atoms with Crippen molar-refractivity contribution in [3.63, 3.8) is 0 Å². The number of amides is 1. The predicted molar refractivity (Wildman–Crippen MR) is 78.5 cm³/mol. The maximum atomic E-state index is 12.4. The van der Waals surface area contributed by atoms with Gasteiger partial charge in [-0.15, -0.1) is 0 Å². The summed E-state index contributed by atoms with van der Waals surface area (Å²) in [6.07, 6.45) is 2.25. The van der Waals surface area contributed by atoms with Crippen LogP contribution in [0.1, 0.15) is 48.5 Å². The molecule has 2 rings (SSSR count). The molecule has 1 aromatic rings. The highest BCUT2D eigenvalue weighted by atomic mass is 16.2. The van der Waals surface area contributed by atoms with Crippen LogP contribution in [0.5, 0.6) is 0 Å². The van der Waals surface area contributed by atoms with Gasteiger partial charge in [-0.2, -0.15) is 0 Å². The highest BCUT2D eigenvalue weighted by Crippen LogP contribution is 2.24. The first-order valence-electron chi connectivity index (χ1n) is 7.36. The second-order valence-electron chi connectivity index (χ2n) is 5.18. The van der Waals surface area contributed by atoms with Gasteiger partial charge in [-0.1, -0.05) is 26.0 Å². The Morgan fingerprint density at radius 3 is 2.58 bits per heavy atom. The Hall–Kier alpha value is -1.35. The molecule has 1 aliphatic heterocycles. The Labute approximate surface area is 116 Å². The van der Waals surface area contributed by atoms with Gasteiger partial charge < -0.3 is 10.2 Å². The van der Waals surface area contributed by atoms with E-state index in [1.54, 1.807) is 0 Å². The van der Waals surface area contributed by atoms with Crippen LogP contribution in [0.15, 0.2) is 24.3 Å². The number of benzene rings is 1. The lowest BCUT2D eigenvalue weighted by Crippen LogP contribution is -2.46. The van der Waals surface area contributed by atoms with E-state index in [9.17, 15) is 4.79 Å². The number of carbonyl (C=O) groups excluding carboxylic acids is 1. The number of carbonyl (C=O) groups is 1. The summed E-state index contributed by atoms with van der Waals surface area (Å²) in [6, 6.07) is 8.19. The maximum absolute atomic E-state index is 12.4. The third kappa shape index (κ3) is 3.35. The summed E-state index contributed by atoms with van der Waals surface area (Å²) in [5.74, 6) is 0.741. The number of hydrogen-bond acceptors (Lipinski definition) is 2. The van der Waals surface area contributed by atoms with Crippen molar-refractivity contribution >= 4 is 5.91 Å². The van der Waals surface area contributed by atoms with Gasteiger partial charge in [0.15, 0.2) is 0 Å². The Kier molecular flexibility index (Phi) is 4.97. The van der Waals surface area contributed by atoms with E-state index in [4.69, 9.17) is 0 Å². The molecule has 0 saturated carbocycles. The van der Waals surface area contributed by atoms with Crippen molar-refractivity contribution in [2.75, 3.05) is 26.2 Å². The van der Waals surface area contributed by atoms with E-state index in [0.717, 1.165) is 44.6 Å². The summed E-state index contributed by atoms with van der Waals surface area (Å²) in [5.41, 5.74) is 2.14. The number of piperazine rings is 1. The standard InChI is InChI=1S/C16H24N2O/c1-3-13(4-2)14-6-5-7-15(12-14)16(19)18-10-8-17-9-11-18/h5-7,12-13,17H,3-4,8-11H2,1-2H3. The van der Waals surface area contributed by atoms with Crippen molar-refractivity contribution in [1.29, 1.82) is 0 Å². The first-order valence-corrected chi connectivity index (χ1v) is 7.36. The highest BCUT2D eigenvalue weighted by Gasteiger charge is 2.18. The Balaban J connectivity index is 2.15. The van der Waals surface area contributed by atoms with E-state index in [1.807, 2.05) is 17.0 Å². The molecule has 0 bridgehead atoms. The lowest BCUT2D eigenvalue weighted by Gasteiger charge is -2.27. The van der Waals surface area contributed by atoms with Crippen molar-refractivity contribution < 1.29 is 4.79 Å². The Morgan fingerprint density at radius 2 is 1.95 bits per heavy atom. The maximum Gasteiger partial charge on any atom is 0.253 e. The number of hydrogen-bond donors (Lipinski definition) is 1. The van der Waals surface area contributed by atoms with Crippen LogP contribution in [0.3, 0.4) is 0 Å². The van der Waals surface area contributed by atoms with E-state index < -0.39 is 0 Å². The molecule has 0 aromatic heterocycles. The summed E-state index contributed by atoms with van der Waals surface area (Å²) >= 11 is 0. The summed E-state index contributed by atoms with van der Waals surface area (Å²) < 4.78 is 0. The van der Waals surface area contributed by atoms with Gasteiger partial charge in [0.1, 0.15) is 0 Å². The van der Waals surface area contributed by atoms with E-state index in [2.05, 4.69) is 31.3 Å². The number of nitrogens with zero attached hydrogens (tertiary/aromatic N) is 1. The van der Waals surface area contributed by atoms with E-state index in [0.29, 0.717) is 5.92 Å². The normalized spacial score (nSPS) is 15.8. The van der Waals surface area contributed by atoms with Crippen LogP contribution in [0.2, 0.25) is 0 Å². The average molecular weight is 260 g/mol. The minimum Gasteiger partial charge on any atom is -0.336 e. The molecule has 1 aliphatic rings. The van der Waals surface area contributed by atoms with Gasteiger partial charge in [0, 0.05) is 31.7 Å². The van der Waals surface area contributed by atoms with Crippen LogP contribution in [0.25, 0.3) is 0 Å². The van der Waals surface area contributed by atoms with Gasteiger partial charge in [-0.05, 0) is 36.5 Å². The second-order valence-corrected chi connectivity index (χ2v) is 5.18. The van der Waals surface area contributed by atoms with E-state index in [-0.39, 0.29) is 5.91 Å². The quantitative estimate of drug-likeness (QED) is 0.902. The van der Waals surface area contributed by atoms with E-state index >= 15 is 0 Å². The molecule has 0 unspecified atom stereocenters. The zero-order valence-electron chi connectivity index (χ0n) is 12.0. The molecule has 1 fully saturated rings. The second kappa shape index (κ2) is 6.71. The number of rotatable bonds is 4. The molecule has 1 amide bonds. The van der Waals surface area contributed by atoms with Crippen molar-refractivity contribution in [3.05, 3.63) is 35.4 Å². The van der Waals surface area contributed by atoms with Crippen molar-refractivity contribution in [2.45, 2.75) is 32.6 Å². The molecule has 1 N–H and O–H groups in total. The van der Waals surface area contributed by atoms with Crippen LogP contribution in [0, 0.1) is 0 Å². The van der Waals surface area contributed by atoms with Gasteiger partial charge in [-0.25, -0.2) is 0 Å². The van der Waals surface area contributed by atoms with Crippen LogP contribution in [-0.4, -0.2) is 37.0 Å². The summed E-state index contributed by atoms with van der Waals surface area (Å²) in [5, 5.41) is 3.28. The van der Waals surface area contributed by atoms with Crippen LogP contribution in [-0.2, 0) is 0 Å². The summed E-state index contributed by atoms with van der Waals surface area (Å²) in [4.78, 5) is 14.4. The third-order valence-corrected chi connectivity index (χ3v) is 3.99. The molecule has 104 valence electrons. The fourth-order valence-corrected chi connectivity index (χ4v) is 2.74. The van der Waals surface area contributed by atoms with Crippen LogP contribution >= 0.6 is 0 Å². The fourth-order valence-electron chi connectivity index (χ4n) is 2.74. The minimum absolute atomic E-state index is 0.175. The summed E-state index contributed by atoms with van der Waals surface area (Å²) in [6.45, 7) is 7.84. The average Bonchev–Trinajstić information content (AvgIpc) is 2.49. The van der Waals surface area contributed by atoms with Gasteiger partial charge >= 0.3 is 0 Å². The lowest BCUT2D eigenvalue weighted by atomic mass is 9.92. The van der Waals surface area contributed by atoms with E-state index in [1.165, 1.54) is 5.56 Å². The zero-order chi connectivity index (χ0) is 13.7. The Morgan fingerprint density at radius 1 is 1.26 bits per heavy atom. The van der Waals surface area contributed by atoms with Gasteiger partial charge in [-0.3, -0.25) is 4.79 Å². The zero-order valence-corrected chi connectivity index (χ0v) is 12.0. The fraction of sp³-hybridized carbons (Fsp3) is 0.562. The van der Waals surface area contributed by atoms with Gasteiger partial charge in [0.05, 0.1) is 0 Å². The number of nitrogens with one attached hydrogen (secondary N) is 1. The van der Waals surface area contributed by atoms with Crippen LogP contribution in [0.4, 0.5) is 0 Å². The molecule has 1 saturated heterocycles. The summed E-state index contributed by atoms with van der Waals surface area (Å²) in [7, 11) is 0. The molecule has 0 atom stereocenters. The predicted octanol–water partition coefficient (Wildman–Crippen LogP) is 2.64. The SMILES string of the molecule is CCC(CC)c1cccc(C(=O)N2CCNCC2)c1. The molecule has 3 nitrogen and oxygen atoms in total. The largest absolute Gasteiger partial charge is 0.336 e. The van der Waals surface area contributed by atoms with Crippen molar-refractivity contribution in [1.82, 2.24) is 10.2 Å². The highest BCUT2D eigenvalue weighted by molar-refractivity contribution is 5.94. The minimum atomic E-state index is 0.175. The lowest BCUT2D eigenvalue weighted by molar-refractivity contribution is 0.0735. The Bertz CT molecular complexity index is 421. The third-order valence-electron chi connectivity index (χ3n) is 3.99. The molecule has 0 radical (unpaired) electrons.